The van der Waals surface area contributed by atoms with E-state index < -0.39 is 11.5 Å². The molecule has 0 fully saturated rings. The minimum absolute atomic E-state index is 0.0739. The van der Waals surface area contributed by atoms with Crippen molar-refractivity contribution in [1.82, 2.24) is 0 Å². The van der Waals surface area contributed by atoms with Crippen LogP contribution in [0.2, 0.25) is 0 Å². The smallest absolute Gasteiger partial charge is 0.315 e. The maximum Gasteiger partial charge on any atom is 0.315 e. The van der Waals surface area contributed by atoms with Crippen molar-refractivity contribution in [3.63, 3.8) is 0 Å². The Hall–Kier alpha value is -1.39. The zero-order chi connectivity index (χ0) is 14.5. The summed E-state index contributed by atoms with van der Waals surface area (Å²) in [4.78, 5) is 11.7. The lowest BCUT2D eigenvalue weighted by molar-refractivity contribution is -0.146. The summed E-state index contributed by atoms with van der Waals surface area (Å²) in [5.41, 5.74) is 0.930. The number of aliphatic hydroxyl groups is 2. The van der Waals surface area contributed by atoms with E-state index in [1.165, 1.54) is 7.11 Å². The predicted octanol–water partition coefficient (Wildman–Crippen LogP) is 1.94. The van der Waals surface area contributed by atoms with Gasteiger partial charge in [-0.2, -0.15) is 0 Å². The number of hydrogen-bond acceptors (Lipinski definition) is 4. The second-order valence-corrected chi connectivity index (χ2v) is 5.12. The van der Waals surface area contributed by atoms with E-state index >= 15 is 0 Å². The van der Waals surface area contributed by atoms with Gasteiger partial charge in [-0.25, -0.2) is 0 Å². The molecule has 1 atom stereocenters. The molecule has 2 N–H and O–H groups in total. The van der Waals surface area contributed by atoms with Crippen molar-refractivity contribution in [2.75, 3.05) is 13.7 Å². The first-order valence-corrected chi connectivity index (χ1v) is 6.41. The molecule has 0 saturated carbocycles. The van der Waals surface area contributed by atoms with Crippen LogP contribution >= 0.6 is 0 Å². The van der Waals surface area contributed by atoms with Crippen LogP contribution in [0.1, 0.15) is 43.9 Å². The summed E-state index contributed by atoms with van der Waals surface area (Å²) in [5, 5.41) is 18.6. The minimum atomic E-state index is -0.705. The lowest BCUT2D eigenvalue weighted by Crippen LogP contribution is -2.30. The fourth-order valence-electron chi connectivity index (χ4n) is 1.95. The van der Waals surface area contributed by atoms with Crippen LogP contribution < -0.4 is 0 Å². The van der Waals surface area contributed by atoms with Gasteiger partial charge >= 0.3 is 5.97 Å². The SMILES string of the molecule is COC(=O)C(C)(C)c1ccc(C(O)CCCO)cc1. The Labute approximate surface area is 114 Å². The third kappa shape index (κ3) is 3.78. The molecular formula is C15H22O4. The molecule has 0 saturated heterocycles. The molecule has 0 aliphatic rings. The predicted molar refractivity (Wildman–Crippen MR) is 72.8 cm³/mol. The van der Waals surface area contributed by atoms with Crippen LogP contribution in [0.4, 0.5) is 0 Å². The lowest BCUT2D eigenvalue weighted by atomic mass is 9.84. The standard InChI is InChI=1S/C15H22O4/c1-15(2,14(18)19-3)12-8-6-11(7-9-12)13(17)5-4-10-16/h6-9,13,16-17H,4-5,10H2,1-3H3. The van der Waals surface area contributed by atoms with Gasteiger partial charge in [-0.05, 0) is 37.8 Å². The van der Waals surface area contributed by atoms with Gasteiger partial charge in [0.05, 0.1) is 18.6 Å². The van der Waals surface area contributed by atoms with Crippen molar-refractivity contribution in [3.8, 4) is 0 Å². The van der Waals surface area contributed by atoms with Crippen LogP contribution in [0.15, 0.2) is 24.3 Å². The molecule has 0 spiro atoms. The van der Waals surface area contributed by atoms with Crippen molar-refractivity contribution in [3.05, 3.63) is 35.4 Å². The van der Waals surface area contributed by atoms with Crippen molar-refractivity contribution in [2.45, 2.75) is 38.2 Å². The summed E-state index contributed by atoms with van der Waals surface area (Å²) in [5.74, 6) is -0.291. The lowest BCUT2D eigenvalue weighted by Gasteiger charge is -2.22. The van der Waals surface area contributed by atoms with Gasteiger partial charge in [0.2, 0.25) is 0 Å². The van der Waals surface area contributed by atoms with Gasteiger partial charge in [0.15, 0.2) is 0 Å². The van der Waals surface area contributed by atoms with Crippen molar-refractivity contribution in [1.29, 1.82) is 0 Å². The maximum absolute atomic E-state index is 11.7. The molecule has 0 aliphatic carbocycles. The topological polar surface area (TPSA) is 66.8 Å². The van der Waals surface area contributed by atoms with Gasteiger partial charge in [-0.15, -0.1) is 0 Å². The Kier molecular flexibility index (Phi) is 5.51. The minimum Gasteiger partial charge on any atom is -0.468 e. The third-order valence-corrected chi connectivity index (χ3v) is 3.35. The third-order valence-electron chi connectivity index (χ3n) is 3.35. The Balaban J connectivity index is 2.84. The molecule has 1 aromatic rings. The Morgan fingerprint density at radius 1 is 1.32 bits per heavy atom. The number of aliphatic hydroxyl groups excluding tert-OH is 2. The zero-order valence-corrected chi connectivity index (χ0v) is 11.7. The summed E-state index contributed by atoms with van der Waals surface area (Å²) in [6.07, 6.45) is 0.509. The second kappa shape index (κ2) is 6.68. The average molecular weight is 266 g/mol. The van der Waals surface area contributed by atoms with Gasteiger partial charge in [0.1, 0.15) is 0 Å². The van der Waals surface area contributed by atoms with Crippen molar-refractivity contribution < 1.29 is 19.7 Å². The highest BCUT2D eigenvalue weighted by molar-refractivity contribution is 5.82. The summed E-state index contributed by atoms with van der Waals surface area (Å²) in [6.45, 7) is 3.68. The van der Waals surface area contributed by atoms with Gasteiger partial charge in [0.25, 0.3) is 0 Å². The molecule has 19 heavy (non-hydrogen) atoms. The molecule has 1 unspecified atom stereocenters. The number of rotatable bonds is 6. The van der Waals surface area contributed by atoms with Crippen LogP contribution in [-0.4, -0.2) is 29.9 Å². The van der Waals surface area contributed by atoms with E-state index in [-0.39, 0.29) is 12.6 Å². The maximum atomic E-state index is 11.7. The first-order valence-electron chi connectivity index (χ1n) is 6.41. The number of esters is 1. The first kappa shape index (κ1) is 15.7. The van der Waals surface area contributed by atoms with E-state index in [1.54, 1.807) is 13.8 Å². The second-order valence-electron chi connectivity index (χ2n) is 5.12. The number of hydrogen-bond donors (Lipinski definition) is 2. The fourth-order valence-corrected chi connectivity index (χ4v) is 1.95. The van der Waals surface area contributed by atoms with E-state index in [4.69, 9.17) is 9.84 Å². The number of carbonyl (C=O) groups excluding carboxylic acids is 1. The molecule has 0 aliphatic heterocycles. The quantitative estimate of drug-likeness (QED) is 0.772. The van der Waals surface area contributed by atoms with Crippen molar-refractivity contribution in [2.24, 2.45) is 0 Å². The van der Waals surface area contributed by atoms with Gasteiger partial charge in [-0.3, -0.25) is 4.79 Å². The van der Waals surface area contributed by atoms with Crippen molar-refractivity contribution >= 4 is 5.97 Å². The molecule has 0 radical (unpaired) electrons. The Morgan fingerprint density at radius 2 is 1.89 bits per heavy atom. The highest BCUT2D eigenvalue weighted by Gasteiger charge is 2.30. The van der Waals surface area contributed by atoms with E-state index in [9.17, 15) is 9.90 Å². The first-order chi connectivity index (χ1) is 8.93. The van der Waals surface area contributed by atoms with Crippen LogP contribution in [-0.2, 0) is 14.9 Å². The molecule has 0 heterocycles. The van der Waals surface area contributed by atoms with Crippen LogP contribution in [0.25, 0.3) is 0 Å². The molecule has 1 rings (SSSR count). The van der Waals surface area contributed by atoms with E-state index in [0.29, 0.717) is 12.8 Å². The number of ether oxygens (including phenoxy) is 1. The molecule has 0 aromatic heterocycles. The summed E-state index contributed by atoms with van der Waals surface area (Å²) >= 11 is 0. The molecule has 106 valence electrons. The largest absolute Gasteiger partial charge is 0.468 e. The summed E-state index contributed by atoms with van der Waals surface area (Å²) in [7, 11) is 1.37. The highest BCUT2D eigenvalue weighted by Crippen LogP contribution is 2.27. The molecule has 0 amide bonds. The van der Waals surface area contributed by atoms with E-state index in [2.05, 4.69) is 0 Å². The normalized spacial score (nSPS) is 13.1. The van der Waals surface area contributed by atoms with Gasteiger partial charge in [0, 0.05) is 6.61 Å². The van der Waals surface area contributed by atoms with Crippen LogP contribution in [0.3, 0.4) is 0 Å². The molecule has 4 nitrogen and oxygen atoms in total. The van der Waals surface area contributed by atoms with Crippen LogP contribution in [0.5, 0.6) is 0 Å². The Bertz CT molecular complexity index is 409. The van der Waals surface area contributed by atoms with E-state index in [1.807, 2.05) is 24.3 Å². The molecule has 4 heteroatoms. The number of carbonyl (C=O) groups is 1. The molecular weight excluding hydrogens is 244 g/mol. The summed E-state index contributed by atoms with van der Waals surface area (Å²) in [6, 6.07) is 7.27. The molecule has 0 bridgehead atoms. The van der Waals surface area contributed by atoms with Gasteiger partial charge in [-0.1, -0.05) is 24.3 Å². The van der Waals surface area contributed by atoms with E-state index in [0.717, 1.165) is 11.1 Å². The highest BCUT2D eigenvalue weighted by atomic mass is 16.5. The monoisotopic (exact) mass is 266 g/mol. The Morgan fingerprint density at radius 3 is 2.37 bits per heavy atom. The molecule has 1 aromatic carbocycles. The zero-order valence-electron chi connectivity index (χ0n) is 11.7. The van der Waals surface area contributed by atoms with Gasteiger partial charge < -0.3 is 14.9 Å². The number of methoxy groups -OCH3 is 1. The summed E-state index contributed by atoms with van der Waals surface area (Å²) < 4.78 is 4.78. The van der Waals surface area contributed by atoms with Crippen LogP contribution in [0, 0.1) is 0 Å². The number of benzene rings is 1. The fraction of sp³-hybridized carbons (Fsp3) is 0.533. The average Bonchev–Trinajstić information content (AvgIpc) is 2.43.